The van der Waals surface area contributed by atoms with Crippen molar-refractivity contribution >= 4 is 51.5 Å². The summed E-state index contributed by atoms with van der Waals surface area (Å²) in [5.41, 5.74) is 1.80. The zero-order chi connectivity index (χ0) is 20.8. The van der Waals surface area contributed by atoms with E-state index in [4.69, 9.17) is 0 Å². The molecule has 1 saturated heterocycles. The summed E-state index contributed by atoms with van der Waals surface area (Å²) in [6.07, 6.45) is 0.922. The number of nitrogens with one attached hydrogen (secondary N) is 4. The molecule has 1 aromatic carbocycles. The van der Waals surface area contributed by atoms with Crippen LogP contribution in [-0.2, 0) is 25.6 Å². The van der Waals surface area contributed by atoms with Crippen molar-refractivity contribution in [2.24, 2.45) is 5.92 Å². The zero-order valence-electron chi connectivity index (χ0n) is 15.8. The summed E-state index contributed by atoms with van der Waals surface area (Å²) in [5, 5.41) is 13.0. The Bertz CT molecular complexity index is 915. The zero-order valence-corrected chi connectivity index (χ0v) is 16.6. The Kier molecular flexibility index (Phi) is 6.55. The highest BCUT2D eigenvalue weighted by atomic mass is 32.1. The molecule has 29 heavy (non-hydrogen) atoms. The third kappa shape index (κ3) is 6.11. The van der Waals surface area contributed by atoms with Crippen molar-refractivity contribution < 1.29 is 19.2 Å². The number of amides is 4. The summed E-state index contributed by atoms with van der Waals surface area (Å²) in [6, 6.07) is 6.78. The van der Waals surface area contributed by atoms with Crippen LogP contribution in [0.15, 0.2) is 29.6 Å². The molecular weight excluding hydrogens is 394 g/mol. The number of piperidine rings is 1. The van der Waals surface area contributed by atoms with Crippen LogP contribution in [0.2, 0.25) is 0 Å². The Morgan fingerprint density at radius 2 is 1.83 bits per heavy atom. The fourth-order valence-corrected chi connectivity index (χ4v) is 3.53. The second-order valence-electron chi connectivity index (χ2n) is 6.66. The predicted octanol–water partition coefficient (Wildman–Crippen LogP) is 1.75. The Labute approximate surface area is 171 Å². The first-order valence-electron chi connectivity index (χ1n) is 9.08. The van der Waals surface area contributed by atoms with Gasteiger partial charge in [-0.3, -0.25) is 19.2 Å². The molecule has 2 heterocycles. The summed E-state index contributed by atoms with van der Waals surface area (Å²) in [7, 11) is 0. The molecule has 1 unspecified atom stereocenters. The molecule has 2 aromatic rings. The first kappa shape index (κ1) is 20.5. The molecule has 1 aliphatic rings. The van der Waals surface area contributed by atoms with Gasteiger partial charge in [0.05, 0.1) is 18.0 Å². The standard InChI is InChI=1S/C19H21N5O4S/c1-11(25)21-13-3-5-14(6-4-13)22-17(27)8-15-10-29-19(23-15)24-18(28)12-2-7-16(26)20-9-12/h3-6,10,12H,2,7-9H2,1H3,(H,20,26)(H,21,25)(H,22,27)(H,23,24,28). The van der Waals surface area contributed by atoms with Gasteiger partial charge in [-0.25, -0.2) is 4.98 Å². The third-order valence-electron chi connectivity index (χ3n) is 4.25. The normalized spacial score (nSPS) is 15.9. The molecular formula is C19H21N5O4S. The summed E-state index contributed by atoms with van der Waals surface area (Å²) in [5.74, 6) is -0.906. The van der Waals surface area contributed by atoms with Crippen molar-refractivity contribution in [3.63, 3.8) is 0 Å². The van der Waals surface area contributed by atoms with Gasteiger partial charge in [-0.15, -0.1) is 11.3 Å². The maximum atomic E-state index is 12.2. The Morgan fingerprint density at radius 3 is 2.45 bits per heavy atom. The van der Waals surface area contributed by atoms with Crippen molar-refractivity contribution in [3.05, 3.63) is 35.3 Å². The van der Waals surface area contributed by atoms with Gasteiger partial charge in [-0.05, 0) is 30.7 Å². The monoisotopic (exact) mass is 415 g/mol. The van der Waals surface area contributed by atoms with Gasteiger partial charge in [0, 0.05) is 36.6 Å². The van der Waals surface area contributed by atoms with Gasteiger partial charge in [-0.2, -0.15) is 0 Å². The topological polar surface area (TPSA) is 129 Å². The highest BCUT2D eigenvalue weighted by Gasteiger charge is 2.25. The fraction of sp³-hybridized carbons (Fsp3) is 0.316. The fourth-order valence-electron chi connectivity index (χ4n) is 2.82. The SMILES string of the molecule is CC(=O)Nc1ccc(NC(=O)Cc2csc(NC(=O)C3CCC(=O)NC3)n2)cc1. The van der Waals surface area contributed by atoms with Crippen LogP contribution < -0.4 is 21.3 Å². The minimum absolute atomic E-state index is 0.0404. The van der Waals surface area contributed by atoms with E-state index in [1.165, 1.54) is 18.3 Å². The number of carbonyl (C=O) groups excluding carboxylic acids is 4. The van der Waals surface area contributed by atoms with Gasteiger partial charge < -0.3 is 21.3 Å². The van der Waals surface area contributed by atoms with Crippen LogP contribution in [0.25, 0.3) is 0 Å². The summed E-state index contributed by atoms with van der Waals surface area (Å²) >= 11 is 1.25. The van der Waals surface area contributed by atoms with Crippen LogP contribution in [0.5, 0.6) is 0 Å². The molecule has 1 atom stereocenters. The Balaban J connectivity index is 1.49. The van der Waals surface area contributed by atoms with Crippen molar-refractivity contribution in [3.8, 4) is 0 Å². The van der Waals surface area contributed by atoms with E-state index in [9.17, 15) is 19.2 Å². The van der Waals surface area contributed by atoms with Crippen molar-refractivity contribution in [2.75, 3.05) is 22.5 Å². The third-order valence-corrected chi connectivity index (χ3v) is 5.06. The Hall–Kier alpha value is -3.27. The molecule has 1 fully saturated rings. The maximum Gasteiger partial charge on any atom is 0.231 e. The van der Waals surface area contributed by atoms with Gasteiger partial charge in [0.1, 0.15) is 0 Å². The lowest BCUT2D eigenvalue weighted by Crippen LogP contribution is -2.40. The van der Waals surface area contributed by atoms with Crippen LogP contribution in [0.4, 0.5) is 16.5 Å². The van der Waals surface area contributed by atoms with Crippen molar-refractivity contribution in [1.82, 2.24) is 10.3 Å². The molecule has 4 amide bonds. The number of nitrogens with zero attached hydrogens (tertiary/aromatic N) is 1. The van der Waals surface area contributed by atoms with E-state index in [0.717, 1.165) is 0 Å². The molecule has 0 aliphatic carbocycles. The van der Waals surface area contributed by atoms with Crippen LogP contribution in [0.3, 0.4) is 0 Å². The minimum Gasteiger partial charge on any atom is -0.355 e. The highest BCUT2D eigenvalue weighted by Crippen LogP contribution is 2.20. The number of anilines is 3. The van der Waals surface area contributed by atoms with E-state index < -0.39 is 0 Å². The summed E-state index contributed by atoms with van der Waals surface area (Å²) in [6.45, 7) is 1.75. The molecule has 0 radical (unpaired) electrons. The molecule has 1 aromatic heterocycles. The van der Waals surface area contributed by atoms with E-state index in [0.29, 0.717) is 41.6 Å². The Morgan fingerprint density at radius 1 is 1.14 bits per heavy atom. The molecule has 4 N–H and O–H groups in total. The smallest absolute Gasteiger partial charge is 0.231 e. The molecule has 10 heteroatoms. The quantitative estimate of drug-likeness (QED) is 0.571. The van der Waals surface area contributed by atoms with Crippen LogP contribution in [-0.4, -0.2) is 35.2 Å². The van der Waals surface area contributed by atoms with E-state index in [1.54, 1.807) is 29.6 Å². The molecule has 9 nitrogen and oxygen atoms in total. The van der Waals surface area contributed by atoms with Crippen LogP contribution in [0.1, 0.15) is 25.5 Å². The number of benzene rings is 1. The van der Waals surface area contributed by atoms with E-state index in [1.807, 2.05) is 0 Å². The molecule has 1 aliphatic heterocycles. The summed E-state index contributed by atoms with van der Waals surface area (Å²) < 4.78 is 0. The van der Waals surface area contributed by atoms with Crippen molar-refractivity contribution in [2.45, 2.75) is 26.2 Å². The van der Waals surface area contributed by atoms with Crippen LogP contribution >= 0.6 is 11.3 Å². The first-order chi connectivity index (χ1) is 13.9. The second-order valence-corrected chi connectivity index (χ2v) is 7.51. The number of rotatable bonds is 6. The van der Waals surface area contributed by atoms with E-state index in [2.05, 4.69) is 26.3 Å². The number of hydrogen-bond acceptors (Lipinski definition) is 6. The van der Waals surface area contributed by atoms with E-state index >= 15 is 0 Å². The van der Waals surface area contributed by atoms with Gasteiger partial charge >= 0.3 is 0 Å². The van der Waals surface area contributed by atoms with Gasteiger partial charge in [0.25, 0.3) is 0 Å². The number of carbonyl (C=O) groups is 4. The lowest BCUT2D eigenvalue weighted by Gasteiger charge is -2.20. The highest BCUT2D eigenvalue weighted by molar-refractivity contribution is 7.13. The molecule has 0 spiro atoms. The maximum absolute atomic E-state index is 12.2. The molecule has 0 saturated carbocycles. The number of aromatic nitrogens is 1. The van der Waals surface area contributed by atoms with Crippen molar-refractivity contribution in [1.29, 1.82) is 0 Å². The second kappa shape index (κ2) is 9.28. The lowest BCUT2D eigenvalue weighted by atomic mass is 9.98. The average molecular weight is 415 g/mol. The number of hydrogen-bond donors (Lipinski definition) is 4. The van der Waals surface area contributed by atoms with Crippen LogP contribution in [0, 0.1) is 5.92 Å². The molecule has 3 rings (SSSR count). The van der Waals surface area contributed by atoms with Gasteiger partial charge in [0.2, 0.25) is 23.6 Å². The minimum atomic E-state index is -0.274. The van der Waals surface area contributed by atoms with Gasteiger partial charge in [0.15, 0.2) is 5.13 Å². The largest absolute Gasteiger partial charge is 0.355 e. The molecule has 0 bridgehead atoms. The number of thiazole rings is 1. The first-order valence-corrected chi connectivity index (χ1v) is 9.96. The van der Waals surface area contributed by atoms with E-state index in [-0.39, 0.29) is 36.0 Å². The lowest BCUT2D eigenvalue weighted by molar-refractivity contribution is -0.126. The summed E-state index contributed by atoms with van der Waals surface area (Å²) in [4.78, 5) is 50.9. The molecule has 152 valence electrons. The van der Waals surface area contributed by atoms with Gasteiger partial charge in [-0.1, -0.05) is 0 Å². The predicted molar refractivity (Wildman–Crippen MR) is 110 cm³/mol. The average Bonchev–Trinajstić information content (AvgIpc) is 3.10.